The summed E-state index contributed by atoms with van der Waals surface area (Å²) < 4.78 is 5.25. The third kappa shape index (κ3) is 3.60. The van der Waals surface area contributed by atoms with E-state index in [-0.39, 0.29) is 17.5 Å². The molecule has 0 atom stereocenters. The second kappa shape index (κ2) is 7.23. The highest BCUT2D eigenvalue weighted by atomic mass is 16.5. The second-order valence-corrected chi connectivity index (χ2v) is 5.60. The summed E-state index contributed by atoms with van der Waals surface area (Å²) in [7, 11) is 0. The second-order valence-electron chi connectivity index (χ2n) is 5.60. The van der Waals surface area contributed by atoms with Crippen LogP contribution in [0.5, 0.6) is 0 Å². The third-order valence-electron chi connectivity index (χ3n) is 3.93. The number of nitrogens with zero attached hydrogens (tertiary/aromatic N) is 2. The molecule has 1 saturated heterocycles. The van der Waals surface area contributed by atoms with Crippen molar-refractivity contribution in [2.24, 2.45) is 0 Å². The zero-order valence-electron chi connectivity index (χ0n) is 13.5. The lowest BCUT2D eigenvalue weighted by atomic mass is 10.1. The Bertz CT molecular complexity index is 755. The average molecular weight is 325 g/mol. The van der Waals surface area contributed by atoms with E-state index in [1.165, 1.54) is 12.3 Å². The molecule has 0 spiro atoms. The summed E-state index contributed by atoms with van der Waals surface area (Å²) in [5.41, 5.74) is 2.41. The van der Waals surface area contributed by atoms with Gasteiger partial charge in [0, 0.05) is 30.5 Å². The average Bonchev–Trinajstić information content (AvgIpc) is 2.64. The minimum atomic E-state index is -0.261. The molecule has 0 radical (unpaired) electrons. The molecule has 0 aliphatic carbocycles. The van der Waals surface area contributed by atoms with Gasteiger partial charge in [0.25, 0.3) is 11.8 Å². The zero-order valence-corrected chi connectivity index (χ0v) is 13.5. The molecule has 1 fully saturated rings. The maximum Gasteiger partial charge on any atom is 0.272 e. The maximum atomic E-state index is 12.5. The number of amides is 2. The number of nitrogens with one attached hydrogen (secondary N) is 1. The third-order valence-corrected chi connectivity index (χ3v) is 3.93. The van der Waals surface area contributed by atoms with Crippen LogP contribution in [0.1, 0.15) is 26.4 Å². The number of carbonyl (C=O) groups is 2. The SMILES string of the molecule is Cc1ccccc1NC(=O)c1ccnc(C(=O)N2CCOCC2)c1. The number of aromatic nitrogens is 1. The summed E-state index contributed by atoms with van der Waals surface area (Å²) in [6.07, 6.45) is 1.49. The minimum Gasteiger partial charge on any atom is -0.378 e. The van der Waals surface area contributed by atoms with E-state index >= 15 is 0 Å². The molecule has 2 amide bonds. The minimum absolute atomic E-state index is 0.177. The van der Waals surface area contributed by atoms with Gasteiger partial charge in [0.2, 0.25) is 0 Å². The monoisotopic (exact) mass is 325 g/mol. The molecule has 6 nitrogen and oxygen atoms in total. The number of rotatable bonds is 3. The van der Waals surface area contributed by atoms with Crippen LogP contribution in [0, 0.1) is 6.92 Å². The summed E-state index contributed by atoms with van der Waals surface area (Å²) in [5.74, 6) is -0.438. The molecule has 0 bridgehead atoms. The number of anilines is 1. The highest BCUT2D eigenvalue weighted by Crippen LogP contribution is 2.15. The first-order valence-electron chi connectivity index (χ1n) is 7.85. The van der Waals surface area contributed by atoms with Crippen molar-refractivity contribution in [3.8, 4) is 0 Å². The van der Waals surface area contributed by atoms with Crippen molar-refractivity contribution in [1.82, 2.24) is 9.88 Å². The van der Waals surface area contributed by atoms with Gasteiger partial charge in [-0.1, -0.05) is 18.2 Å². The number of hydrogen-bond donors (Lipinski definition) is 1. The molecule has 2 aromatic rings. The van der Waals surface area contributed by atoms with Gasteiger partial charge >= 0.3 is 0 Å². The van der Waals surface area contributed by atoms with Gasteiger partial charge in [-0.25, -0.2) is 0 Å². The zero-order chi connectivity index (χ0) is 16.9. The molecule has 1 aromatic heterocycles. The van der Waals surface area contributed by atoms with Crippen LogP contribution in [0.4, 0.5) is 5.69 Å². The van der Waals surface area contributed by atoms with E-state index in [4.69, 9.17) is 4.74 Å². The Hall–Kier alpha value is -2.73. The number of aryl methyl sites for hydroxylation is 1. The summed E-state index contributed by atoms with van der Waals surface area (Å²) in [6.45, 7) is 4.06. The Balaban J connectivity index is 1.76. The molecule has 3 rings (SSSR count). The number of pyridine rings is 1. The van der Waals surface area contributed by atoms with Crippen molar-refractivity contribution in [3.63, 3.8) is 0 Å². The van der Waals surface area contributed by atoms with Crippen LogP contribution in [0.15, 0.2) is 42.6 Å². The molecule has 1 N–H and O–H groups in total. The van der Waals surface area contributed by atoms with Gasteiger partial charge in [-0.15, -0.1) is 0 Å². The molecule has 1 aliphatic heterocycles. The van der Waals surface area contributed by atoms with E-state index in [0.29, 0.717) is 31.9 Å². The van der Waals surface area contributed by atoms with Crippen LogP contribution in [0.3, 0.4) is 0 Å². The Morgan fingerprint density at radius 2 is 1.92 bits per heavy atom. The summed E-state index contributed by atoms with van der Waals surface area (Å²) in [5, 5.41) is 2.86. The van der Waals surface area contributed by atoms with Crippen molar-refractivity contribution in [2.75, 3.05) is 31.6 Å². The number of morpholine rings is 1. The fraction of sp³-hybridized carbons (Fsp3) is 0.278. The fourth-order valence-corrected chi connectivity index (χ4v) is 2.52. The lowest BCUT2D eigenvalue weighted by Gasteiger charge is -2.26. The van der Waals surface area contributed by atoms with Gasteiger partial charge in [0.05, 0.1) is 13.2 Å². The Morgan fingerprint density at radius 1 is 1.17 bits per heavy atom. The molecule has 6 heteroatoms. The molecule has 124 valence electrons. The predicted octanol–water partition coefficient (Wildman–Crippen LogP) is 2.11. The number of benzene rings is 1. The number of carbonyl (C=O) groups excluding carboxylic acids is 2. The van der Waals surface area contributed by atoms with Crippen LogP contribution in [0.2, 0.25) is 0 Å². The first kappa shape index (κ1) is 16.1. The fourth-order valence-electron chi connectivity index (χ4n) is 2.52. The van der Waals surface area contributed by atoms with E-state index in [2.05, 4.69) is 10.3 Å². The van der Waals surface area contributed by atoms with Crippen LogP contribution in [-0.2, 0) is 4.74 Å². The molecule has 1 aromatic carbocycles. The van der Waals surface area contributed by atoms with Gasteiger partial charge in [-0.3, -0.25) is 14.6 Å². The molecule has 0 saturated carbocycles. The van der Waals surface area contributed by atoms with Crippen molar-refractivity contribution >= 4 is 17.5 Å². The smallest absolute Gasteiger partial charge is 0.272 e. The lowest BCUT2D eigenvalue weighted by Crippen LogP contribution is -2.41. The molecular weight excluding hydrogens is 306 g/mol. The standard InChI is InChI=1S/C18H19N3O3/c1-13-4-2-3-5-15(13)20-17(22)14-6-7-19-16(12-14)18(23)21-8-10-24-11-9-21/h2-7,12H,8-11H2,1H3,(H,20,22). The highest BCUT2D eigenvalue weighted by molar-refractivity contribution is 6.06. The number of ether oxygens (including phenoxy) is 1. The summed E-state index contributed by atoms with van der Waals surface area (Å²) in [6, 6.07) is 10.7. The molecule has 0 unspecified atom stereocenters. The van der Waals surface area contributed by atoms with Crippen molar-refractivity contribution in [2.45, 2.75) is 6.92 Å². The van der Waals surface area contributed by atoms with Gasteiger partial charge in [0.15, 0.2) is 0 Å². The number of hydrogen-bond acceptors (Lipinski definition) is 4. The van der Waals surface area contributed by atoms with Crippen LogP contribution in [0.25, 0.3) is 0 Å². The summed E-state index contributed by atoms with van der Waals surface area (Å²) in [4.78, 5) is 30.7. The van der Waals surface area contributed by atoms with Crippen molar-refractivity contribution in [3.05, 3.63) is 59.4 Å². The Kier molecular flexibility index (Phi) is 4.86. The van der Waals surface area contributed by atoms with Crippen molar-refractivity contribution < 1.29 is 14.3 Å². The van der Waals surface area contributed by atoms with Crippen LogP contribution < -0.4 is 5.32 Å². The quantitative estimate of drug-likeness (QED) is 0.938. The van der Waals surface area contributed by atoms with E-state index in [1.54, 1.807) is 11.0 Å². The van der Waals surface area contributed by atoms with E-state index in [0.717, 1.165) is 11.3 Å². The Morgan fingerprint density at radius 3 is 2.67 bits per heavy atom. The predicted molar refractivity (Wildman–Crippen MR) is 90.1 cm³/mol. The first-order chi connectivity index (χ1) is 11.6. The van der Waals surface area contributed by atoms with Crippen molar-refractivity contribution in [1.29, 1.82) is 0 Å². The summed E-state index contributed by atoms with van der Waals surface area (Å²) >= 11 is 0. The maximum absolute atomic E-state index is 12.5. The first-order valence-corrected chi connectivity index (χ1v) is 7.85. The van der Waals surface area contributed by atoms with Gasteiger partial charge in [-0.05, 0) is 30.7 Å². The molecular formula is C18H19N3O3. The van der Waals surface area contributed by atoms with E-state index in [1.807, 2.05) is 31.2 Å². The normalized spacial score (nSPS) is 14.3. The van der Waals surface area contributed by atoms with E-state index in [9.17, 15) is 9.59 Å². The molecule has 1 aliphatic rings. The lowest BCUT2D eigenvalue weighted by molar-refractivity contribution is 0.0299. The van der Waals surface area contributed by atoms with Gasteiger partial charge in [0.1, 0.15) is 5.69 Å². The van der Waals surface area contributed by atoms with Crippen LogP contribution in [-0.4, -0.2) is 48.0 Å². The molecule has 24 heavy (non-hydrogen) atoms. The topological polar surface area (TPSA) is 71.5 Å². The van der Waals surface area contributed by atoms with Crippen LogP contribution >= 0.6 is 0 Å². The largest absolute Gasteiger partial charge is 0.378 e. The number of para-hydroxylation sites is 1. The van der Waals surface area contributed by atoms with E-state index < -0.39 is 0 Å². The van der Waals surface area contributed by atoms with Gasteiger partial charge < -0.3 is 15.0 Å². The molecule has 2 heterocycles. The Labute approximate surface area is 140 Å². The highest BCUT2D eigenvalue weighted by Gasteiger charge is 2.20. The van der Waals surface area contributed by atoms with Gasteiger partial charge in [-0.2, -0.15) is 0 Å².